The number of carbonyl (C=O) groups is 2. The van der Waals surface area contributed by atoms with Gasteiger partial charge in [-0.2, -0.15) is 0 Å². The fourth-order valence-electron chi connectivity index (χ4n) is 2.09. The summed E-state index contributed by atoms with van der Waals surface area (Å²) in [5, 5.41) is 14.7. The zero-order chi connectivity index (χ0) is 15.8. The molecule has 0 spiro atoms. The molecule has 2 unspecified atom stereocenters. The number of hydrogen-bond donors (Lipinski definition) is 3. The Balaban J connectivity index is 4.52. The molecular formula is C15H30N2O3. The number of carboxylic acids is 1. The number of hydrogen-bond acceptors (Lipinski definition) is 2. The van der Waals surface area contributed by atoms with Gasteiger partial charge in [0.2, 0.25) is 0 Å². The molecule has 5 nitrogen and oxygen atoms in total. The second-order valence-corrected chi connectivity index (χ2v) is 6.38. The summed E-state index contributed by atoms with van der Waals surface area (Å²) in [5.41, 5.74) is -0.521. The Bertz CT molecular complexity index is 311. The normalized spacial score (nSPS) is 14.4. The van der Waals surface area contributed by atoms with Crippen molar-refractivity contribution in [2.24, 2.45) is 5.41 Å². The molecule has 0 aliphatic carbocycles. The lowest BCUT2D eigenvalue weighted by molar-refractivity contribution is -0.141. The molecule has 0 saturated heterocycles. The van der Waals surface area contributed by atoms with Crippen molar-refractivity contribution in [3.63, 3.8) is 0 Å². The molecule has 0 rings (SSSR count). The molecule has 0 bridgehead atoms. The summed E-state index contributed by atoms with van der Waals surface area (Å²) in [7, 11) is 0. The van der Waals surface area contributed by atoms with Crippen LogP contribution in [0.5, 0.6) is 0 Å². The van der Waals surface area contributed by atoms with Gasteiger partial charge < -0.3 is 15.7 Å². The quantitative estimate of drug-likeness (QED) is 0.641. The summed E-state index contributed by atoms with van der Waals surface area (Å²) in [5.74, 6) is -1.01. The Kier molecular flexibility index (Phi) is 8.26. The van der Waals surface area contributed by atoms with E-state index in [2.05, 4.69) is 24.5 Å². The van der Waals surface area contributed by atoms with E-state index < -0.39 is 17.4 Å². The zero-order valence-corrected chi connectivity index (χ0v) is 13.5. The number of unbranched alkanes of at least 4 members (excludes halogenated alkanes) is 1. The van der Waals surface area contributed by atoms with E-state index in [1.807, 2.05) is 0 Å². The summed E-state index contributed by atoms with van der Waals surface area (Å²) in [6.07, 6.45) is 5.00. The van der Waals surface area contributed by atoms with E-state index in [4.69, 9.17) is 0 Å². The molecule has 5 heteroatoms. The molecule has 0 radical (unpaired) electrons. The standard InChI is InChI=1S/C15H30N2O3/c1-6-8-10-11(9-7-2)16-14(20)17-12(13(18)19)15(3,4)5/h11-12H,6-10H2,1-5H3,(H,18,19)(H2,16,17,20). The van der Waals surface area contributed by atoms with Gasteiger partial charge in [-0.3, -0.25) is 0 Å². The van der Waals surface area contributed by atoms with Crippen molar-refractivity contribution in [3.8, 4) is 0 Å². The van der Waals surface area contributed by atoms with Crippen LogP contribution in [0.4, 0.5) is 4.79 Å². The first kappa shape index (κ1) is 18.7. The van der Waals surface area contributed by atoms with Crippen LogP contribution in [0.25, 0.3) is 0 Å². The molecule has 20 heavy (non-hydrogen) atoms. The number of nitrogens with one attached hydrogen (secondary N) is 2. The highest BCUT2D eigenvalue weighted by Gasteiger charge is 2.32. The van der Waals surface area contributed by atoms with Crippen LogP contribution in [0.15, 0.2) is 0 Å². The minimum absolute atomic E-state index is 0.120. The van der Waals surface area contributed by atoms with Gasteiger partial charge in [-0.15, -0.1) is 0 Å². The molecule has 2 atom stereocenters. The molecular weight excluding hydrogens is 256 g/mol. The van der Waals surface area contributed by atoms with E-state index in [0.29, 0.717) is 0 Å². The lowest BCUT2D eigenvalue weighted by Crippen LogP contribution is -2.53. The lowest BCUT2D eigenvalue weighted by Gasteiger charge is -2.29. The Morgan fingerprint density at radius 3 is 2.05 bits per heavy atom. The summed E-state index contributed by atoms with van der Waals surface area (Å²) >= 11 is 0. The molecule has 0 heterocycles. The molecule has 0 aromatic rings. The van der Waals surface area contributed by atoms with Gasteiger partial charge in [0.15, 0.2) is 0 Å². The van der Waals surface area contributed by atoms with E-state index in [1.165, 1.54) is 0 Å². The minimum Gasteiger partial charge on any atom is -0.480 e. The maximum Gasteiger partial charge on any atom is 0.326 e. The van der Waals surface area contributed by atoms with Crippen LogP contribution < -0.4 is 10.6 Å². The van der Waals surface area contributed by atoms with Gasteiger partial charge in [0, 0.05) is 6.04 Å². The summed E-state index contributed by atoms with van der Waals surface area (Å²) in [6.45, 7) is 9.59. The van der Waals surface area contributed by atoms with Crippen LogP contribution >= 0.6 is 0 Å². The first-order valence-corrected chi connectivity index (χ1v) is 7.52. The Morgan fingerprint density at radius 1 is 1.05 bits per heavy atom. The maximum absolute atomic E-state index is 12.0. The van der Waals surface area contributed by atoms with Crippen molar-refractivity contribution in [2.45, 2.75) is 78.8 Å². The minimum atomic E-state index is -1.01. The molecule has 3 N–H and O–H groups in total. The SMILES string of the molecule is CCCCC(CCC)NC(=O)NC(C(=O)O)C(C)(C)C. The van der Waals surface area contributed by atoms with Gasteiger partial charge >= 0.3 is 12.0 Å². The molecule has 0 aliphatic heterocycles. The fourth-order valence-corrected chi connectivity index (χ4v) is 2.09. The molecule has 0 aliphatic rings. The number of aliphatic carboxylic acids is 1. The number of urea groups is 1. The van der Waals surface area contributed by atoms with Gasteiger partial charge in [0.1, 0.15) is 6.04 Å². The van der Waals surface area contributed by atoms with Gasteiger partial charge in [-0.05, 0) is 18.3 Å². The number of rotatable bonds is 8. The average Bonchev–Trinajstić information content (AvgIpc) is 2.31. The molecule has 0 aromatic carbocycles. The Hall–Kier alpha value is -1.26. The largest absolute Gasteiger partial charge is 0.480 e. The Morgan fingerprint density at radius 2 is 1.65 bits per heavy atom. The summed E-state index contributed by atoms with van der Waals surface area (Å²) < 4.78 is 0. The van der Waals surface area contributed by atoms with Gasteiger partial charge in [-0.1, -0.05) is 53.9 Å². The second-order valence-electron chi connectivity index (χ2n) is 6.38. The van der Waals surface area contributed by atoms with Crippen LogP contribution in [-0.4, -0.2) is 29.2 Å². The van der Waals surface area contributed by atoms with E-state index in [-0.39, 0.29) is 12.1 Å². The van der Waals surface area contributed by atoms with E-state index in [9.17, 15) is 14.7 Å². The Labute approximate surface area is 122 Å². The second kappa shape index (κ2) is 8.82. The molecule has 2 amide bonds. The highest BCUT2D eigenvalue weighted by atomic mass is 16.4. The highest BCUT2D eigenvalue weighted by molar-refractivity contribution is 5.83. The van der Waals surface area contributed by atoms with Crippen LogP contribution in [-0.2, 0) is 4.79 Å². The number of carboxylic acid groups (broad SMARTS) is 1. The third kappa shape index (κ3) is 7.36. The van der Waals surface area contributed by atoms with Crippen molar-refractivity contribution in [1.29, 1.82) is 0 Å². The third-order valence-corrected chi connectivity index (χ3v) is 3.27. The third-order valence-electron chi connectivity index (χ3n) is 3.27. The average molecular weight is 286 g/mol. The zero-order valence-electron chi connectivity index (χ0n) is 13.5. The molecule has 0 aromatic heterocycles. The van der Waals surface area contributed by atoms with Crippen molar-refractivity contribution < 1.29 is 14.7 Å². The number of amides is 2. The monoisotopic (exact) mass is 286 g/mol. The first-order valence-electron chi connectivity index (χ1n) is 7.52. The number of carbonyl (C=O) groups excluding carboxylic acids is 1. The van der Waals surface area contributed by atoms with Gasteiger partial charge in [0.25, 0.3) is 0 Å². The smallest absolute Gasteiger partial charge is 0.326 e. The summed E-state index contributed by atoms with van der Waals surface area (Å²) in [4.78, 5) is 23.2. The van der Waals surface area contributed by atoms with Crippen molar-refractivity contribution in [2.75, 3.05) is 0 Å². The molecule has 0 fully saturated rings. The molecule has 118 valence electrons. The van der Waals surface area contributed by atoms with Crippen LogP contribution in [0.2, 0.25) is 0 Å². The predicted molar refractivity (Wildman–Crippen MR) is 80.8 cm³/mol. The van der Waals surface area contributed by atoms with E-state index >= 15 is 0 Å². The van der Waals surface area contributed by atoms with Crippen molar-refractivity contribution in [3.05, 3.63) is 0 Å². The maximum atomic E-state index is 12.0. The van der Waals surface area contributed by atoms with Crippen molar-refractivity contribution >= 4 is 12.0 Å². The highest BCUT2D eigenvalue weighted by Crippen LogP contribution is 2.19. The van der Waals surface area contributed by atoms with Crippen LogP contribution in [0.3, 0.4) is 0 Å². The lowest BCUT2D eigenvalue weighted by atomic mass is 9.87. The van der Waals surface area contributed by atoms with Crippen LogP contribution in [0.1, 0.15) is 66.7 Å². The van der Waals surface area contributed by atoms with E-state index in [1.54, 1.807) is 20.8 Å². The van der Waals surface area contributed by atoms with Crippen molar-refractivity contribution in [1.82, 2.24) is 10.6 Å². The van der Waals surface area contributed by atoms with Gasteiger partial charge in [0.05, 0.1) is 0 Å². The van der Waals surface area contributed by atoms with Gasteiger partial charge in [-0.25, -0.2) is 9.59 Å². The topological polar surface area (TPSA) is 78.4 Å². The first-order chi connectivity index (χ1) is 9.22. The van der Waals surface area contributed by atoms with Crippen LogP contribution in [0, 0.1) is 5.41 Å². The predicted octanol–water partition coefficient (Wildman–Crippen LogP) is 3.14. The van der Waals surface area contributed by atoms with E-state index in [0.717, 1.165) is 32.1 Å². The fraction of sp³-hybridized carbons (Fsp3) is 0.867. The molecule has 0 saturated carbocycles. The summed E-state index contributed by atoms with van der Waals surface area (Å²) in [6, 6.07) is -1.16.